The number of carboxylic acids is 1. The van der Waals surface area contributed by atoms with Crippen molar-refractivity contribution in [3.05, 3.63) is 21.9 Å². The highest BCUT2D eigenvalue weighted by Crippen LogP contribution is 2.38. The SMILES string of the molecule is O=C(O)C1c2sccc2C(O)CN1C(=O)O. The Labute approximate surface area is 94.4 Å². The fourth-order valence-corrected chi connectivity index (χ4v) is 2.85. The Hall–Kier alpha value is -1.60. The molecule has 16 heavy (non-hydrogen) atoms. The lowest BCUT2D eigenvalue weighted by Crippen LogP contribution is -2.43. The Kier molecular flexibility index (Phi) is 2.56. The molecule has 2 unspecified atom stereocenters. The van der Waals surface area contributed by atoms with Gasteiger partial charge in [-0.3, -0.25) is 4.90 Å². The summed E-state index contributed by atoms with van der Waals surface area (Å²) in [6.45, 7) is -0.212. The summed E-state index contributed by atoms with van der Waals surface area (Å²) in [5, 5.41) is 29.2. The highest BCUT2D eigenvalue weighted by Gasteiger charge is 2.40. The Bertz CT molecular complexity index is 443. The van der Waals surface area contributed by atoms with Crippen LogP contribution in [0.5, 0.6) is 0 Å². The van der Waals surface area contributed by atoms with E-state index in [0.717, 1.165) is 16.2 Å². The van der Waals surface area contributed by atoms with E-state index in [0.29, 0.717) is 10.4 Å². The number of β-amino-alcohol motifs (C(OH)–C–C–N with tert-alkyl or cyclic N) is 1. The minimum atomic E-state index is -1.34. The third kappa shape index (κ3) is 1.54. The van der Waals surface area contributed by atoms with Gasteiger partial charge in [0.2, 0.25) is 0 Å². The maximum absolute atomic E-state index is 11.1. The molecular weight excluding hydrogens is 234 g/mol. The summed E-state index contributed by atoms with van der Waals surface area (Å²) in [4.78, 5) is 23.1. The number of carboxylic acid groups (broad SMARTS) is 2. The highest BCUT2D eigenvalue weighted by atomic mass is 32.1. The van der Waals surface area contributed by atoms with E-state index in [1.165, 1.54) is 0 Å². The number of aliphatic carboxylic acids is 1. The molecular formula is C9H9NO5S. The Balaban J connectivity index is 2.49. The molecule has 1 amide bonds. The first-order valence-corrected chi connectivity index (χ1v) is 5.38. The first-order chi connectivity index (χ1) is 7.52. The van der Waals surface area contributed by atoms with Gasteiger partial charge in [0.15, 0.2) is 6.04 Å². The second kappa shape index (κ2) is 3.76. The number of thiophene rings is 1. The first-order valence-electron chi connectivity index (χ1n) is 4.50. The van der Waals surface area contributed by atoms with Gasteiger partial charge < -0.3 is 15.3 Å². The number of hydrogen-bond acceptors (Lipinski definition) is 4. The van der Waals surface area contributed by atoms with E-state index in [2.05, 4.69) is 0 Å². The third-order valence-corrected chi connectivity index (χ3v) is 3.48. The summed E-state index contributed by atoms with van der Waals surface area (Å²) in [7, 11) is 0. The molecule has 0 fully saturated rings. The van der Waals surface area contributed by atoms with E-state index in [9.17, 15) is 14.7 Å². The maximum atomic E-state index is 11.1. The molecule has 2 rings (SSSR count). The van der Waals surface area contributed by atoms with Gasteiger partial charge in [-0.25, -0.2) is 9.59 Å². The molecule has 86 valence electrons. The molecule has 1 aromatic heterocycles. The van der Waals surface area contributed by atoms with Gasteiger partial charge in [0.1, 0.15) is 0 Å². The summed E-state index contributed by atoms with van der Waals surface area (Å²) in [5.74, 6) is -1.22. The van der Waals surface area contributed by atoms with Crippen molar-refractivity contribution in [2.24, 2.45) is 0 Å². The van der Waals surface area contributed by atoms with Gasteiger partial charge in [-0.2, -0.15) is 0 Å². The molecule has 2 heterocycles. The standard InChI is InChI=1S/C9H9NO5S/c11-5-3-10(9(14)15)6(8(12)13)7-4(5)1-2-16-7/h1-2,5-6,11H,3H2,(H,12,13)(H,14,15). The lowest BCUT2D eigenvalue weighted by molar-refractivity contribution is -0.143. The number of rotatable bonds is 1. The van der Waals surface area contributed by atoms with Crippen LogP contribution < -0.4 is 0 Å². The normalized spacial score (nSPS) is 23.9. The first kappa shape index (κ1) is 10.9. The molecule has 1 aliphatic rings. The summed E-state index contributed by atoms with van der Waals surface area (Å²) in [6, 6.07) is 0.413. The van der Waals surface area contributed by atoms with Crippen LogP contribution >= 0.6 is 11.3 Å². The fourth-order valence-electron chi connectivity index (χ4n) is 1.79. The van der Waals surface area contributed by atoms with Gasteiger partial charge in [-0.1, -0.05) is 0 Å². The fraction of sp³-hybridized carbons (Fsp3) is 0.333. The zero-order valence-corrected chi connectivity index (χ0v) is 8.85. The van der Waals surface area contributed by atoms with E-state index in [-0.39, 0.29) is 6.54 Å². The van der Waals surface area contributed by atoms with Gasteiger partial charge in [0.05, 0.1) is 12.6 Å². The molecule has 0 aromatic carbocycles. The monoisotopic (exact) mass is 243 g/mol. The predicted molar refractivity (Wildman–Crippen MR) is 54.4 cm³/mol. The Morgan fingerprint density at radius 1 is 1.44 bits per heavy atom. The number of fused-ring (bicyclic) bond motifs is 1. The Morgan fingerprint density at radius 3 is 2.69 bits per heavy atom. The molecule has 6 nitrogen and oxygen atoms in total. The Morgan fingerprint density at radius 2 is 2.12 bits per heavy atom. The molecule has 1 aromatic rings. The molecule has 0 aliphatic carbocycles. The van der Waals surface area contributed by atoms with Crippen molar-refractivity contribution in [2.75, 3.05) is 6.54 Å². The van der Waals surface area contributed by atoms with Crippen LogP contribution in [0, 0.1) is 0 Å². The molecule has 0 spiro atoms. The minimum absolute atomic E-state index is 0.212. The molecule has 1 aliphatic heterocycles. The number of amides is 1. The van der Waals surface area contributed by atoms with Crippen molar-refractivity contribution in [1.82, 2.24) is 4.90 Å². The van der Waals surface area contributed by atoms with E-state index < -0.39 is 24.2 Å². The number of hydrogen-bond donors (Lipinski definition) is 3. The van der Waals surface area contributed by atoms with E-state index in [1.807, 2.05) is 0 Å². The van der Waals surface area contributed by atoms with Crippen LogP contribution in [0.25, 0.3) is 0 Å². The van der Waals surface area contributed by atoms with Crippen molar-refractivity contribution >= 4 is 23.4 Å². The molecule has 3 N–H and O–H groups in total. The van der Waals surface area contributed by atoms with Crippen LogP contribution in [0.1, 0.15) is 22.6 Å². The lowest BCUT2D eigenvalue weighted by Gasteiger charge is -2.33. The average Bonchev–Trinajstić information content (AvgIpc) is 2.65. The van der Waals surface area contributed by atoms with Crippen molar-refractivity contribution < 1.29 is 24.9 Å². The summed E-state index contributed by atoms with van der Waals surface area (Å²) in [5.41, 5.74) is 0.509. The zero-order valence-electron chi connectivity index (χ0n) is 8.03. The number of aliphatic hydroxyl groups is 1. The molecule has 2 atom stereocenters. The summed E-state index contributed by atoms with van der Waals surface area (Å²) >= 11 is 1.14. The van der Waals surface area contributed by atoms with Crippen molar-refractivity contribution in [3.63, 3.8) is 0 Å². The topological polar surface area (TPSA) is 98.1 Å². The van der Waals surface area contributed by atoms with Gasteiger partial charge in [0, 0.05) is 4.88 Å². The average molecular weight is 243 g/mol. The second-order valence-corrected chi connectivity index (χ2v) is 4.38. The maximum Gasteiger partial charge on any atom is 0.408 e. The van der Waals surface area contributed by atoms with Crippen LogP contribution in [0.3, 0.4) is 0 Å². The number of nitrogens with zero attached hydrogens (tertiary/aromatic N) is 1. The van der Waals surface area contributed by atoms with Crippen LogP contribution in [0.2, 0.25) is 0 Å². The zero-order chi connectivity index (χ0) is 11.9. The molecule has 7 heteroatoms. The van der Waals surface area contributed by atoms with Crippen LogP contribution in [0.4, 0.5) is 4.79 Å². The van der Waals surface area contributed by atoms with Crippen molar-refractivity contribution in [1.29, 1.82) is 0 Å². The summed E-state index contributed by atoms with van der Waals surface area (Å²) < 4.78 is 0. The van der Waals surface area contributed by atoms with E-state index >= 15 is 0 Å². The number of aliphatic hydroxyl groups excluding tert-OH is 1. The van der Waals surface area contributed by atoms with Crippen molar-refractivity contribution in [3.8, 4) is 0 Å². The van der Waals surface area contributed by atoms with Gasteiger partial charge in [-0.05, 0) is 17.0 Å². The van der Waals surface area contributed by atoms with Gasteiger partial charge >= 0.3 is 12.1 Å². The molecule has 0 saturated heterocycles. The molecule has 0 saturated carbocycles. The molecule has 0 bridgehead atoms. The smallest absolute Gasteiger partial charge is 0.408 e. The lowest BCUT2D eigenvalue weighted by atomic mass is 10.00. The van der Waals surface area contributed by atoms with Gasteiger partial charge in [0.25, 0.3) is 0 Å². The third-order valence-electron chi connectivity index (χ3n) is 2.50. The quantitative estimate of drug-likeness (QED) is 0.680. The van der Waals surface area contributed by atoms with Crippen molar-refractivity contribution in [2.45, 2.75) is 12.1 Å². The van der Waals surface area contributed by atoms with E-state index in [4.69, 9.17) is 10.2 Å². The van der Waals surface area contributed by atoms with Crippen LogP contribution in [-0.2, 0) is 4.79 Å². The summed E-state index contributed by atoms with van der Waals surface area (Å²) in [6.07, 6.45) is -2.29. The number of carbonyl (C=O) groups is 2. The van der Waals surface area contributed by atoms with Crippen LogP contribution in [0.15, 0.2) is 11.4 Å². The highest BCUT2D eigenvalue weighted by molar-refractivity contribution is 7.10. The van der Waals surface area contributed by atoms with Gasteiger partial charge in [-0.15, -0.1) is 11.3 Å². The second-order valence-electron chi connectivity index (χ2n) is 3.43. The minimum Gasteiger partial charge on any atom is -0.479 e. The molecule has 0 radical (unpaired) electrons. The largest absolute Gasteiger partial charge is 0.479 e. The van der Waals surface area contributed by atoms with Crippen LogP contribution in [-0.4, -0.2) is 38.8 Å². The van der Waals surface area contributed by atoms with E-state index in [1.54, 1.807) is 11.4 Å². The predicted octanol–water partition coefficient (Wildman–Crippen LogP) is 0.901.